The second kappa shape index (κ2) is 9.26. The van der Waals surface area contributed by atoms with Gasteiger partial charge in [-0.05, 0) is 43.5 Å². The van der Waals surface area contributed by atoms with E-state index < -0.39 is 23.7 Å². The van der Waals surface area contributed by atoms with Gasteiger partial charge in [0.25, 0.3) is 0 Å². The number of hydrogen-bond donors (Lipinski definition) is 1. The molecule has 0 aliphatic rings. The van der Waals surface area contributed by atoms with Gasteiger partial charge in [0, 0.05) is 17.0 Å². The number of hydrogen-bond acceptors (Lipinski definition) is 6. The topological polar surface area (TPSA) is 94.8 Å². The zero-order valence-corrected chi connectivity index (χ0v) is 17.1. The average Bonchev–Trinajstić information content (AvgIpc) is 2.73. The first-order valence-electron chi connectivity index (χ1n) is 9.62. The minimum atomic E-state index is -0.882. The fourth-order valence-corrected chi connectivity index (χ4v) is 3.03. The molecule has 0 spiro atoms. The molecule has 0 bridgehead atoms. The molecule has 7 nitrogen and oxygen atoms in total. The summed E-state index contributed by atoms with van der Waals surface area (Å²) < 4.78 is 15.9. The standard InChI is InChI=1S/C23H23NO6/c1-4-18(24-23(27)28-13-16-8-6-5-7-9-16)22(26)29-19-11-10-17-14(2)12-20(25)30-21(17)15(19)3/h5-12,18H,4,13H2,1-3H3,(H,24,27). The van der Waals surface area contributed by atoms with Crippen LogP contribution in [0.2, 0.25) is 0 Å². The number of aryl methyl sites for hydroxylation is 2. The van der Waals surface area contributed by atoms with E-state index in [0.29, 0.717) is 17.6 Å². The molecule has 1 heterocycles. The summed E-state index contributed by atoms with van der Waals surface area (Å²) in [5, 5.41) is 3.29. The van der Waals surface area contributed by atoms with E-state index in [1.54, 1.807) is 26.0 Å². The number of amides is 1. The van der Waals surface area contributed by atoms with Crippen molar-refractivity contribution >= 4 is 23.0 Å². The largest absolute Gasteiger partial charge is 0.445 e. The van der Waals surface area contributed by atoms with Crippen LogP contribution in [0, 0.1) is 13.8 Å². The molecule has 2 aromatic carbocycles. The molecule has 1 atom stereocenters. The second-order valence-electron chi connectivity index (χ2n) is 6.90. The minimum Gasteiger partial charge on any atom is -0.445 e. The molecule has 3 aromatic rings. The first-order chi connectivity index (χ1) is 14.4. The summed E-state index contributed by atoms with van der Waals surface area (Å²) >= 11 is 0. The van der Waals surface area contributed by atoms with Crippen molar-refractivity contribution in [3.8, 4) is 5.75 Å². The van der Waals surface area contributed by atoms with E-state index in [4.69, 9.17) is 13.9 Å². The van der Waals surface area contributed by atoms with E-state index in [0.717, 1.165) is 16.5 Å². The number of fused-ring (bicyclic) bond motifs is 1. The van der Waals surface area contributed by atoms with Gasteiger partial charge in [0.05, 0.1) is 0 Å². The highest BCUT2D eigenvalue weighted by Crippen LogP contribution is 2.28. The zero-order valence-electron chi connectivity index (χ0n) is 17.1. The zero-order chi connectivity index (χ0) is 21.7. The molecule has 7 heteroatoms. The smallest absolute Gasteiger partial charge is 0.408 e. The van der Waals surface area contributed by atoms with E-state index in [1.807, 2.05) is 37.3 Å². The van der Waals surface area contributed by atoms with E-state index in [2.05, 4.69) is 5.32 Å². The first kappa shape index (κ1) is 21.1. The highest BCUT2D eigenvalue weighted by molar-refractivity contribution is 5.87. The van der Waals surface area contributed by atoms with Crippen molar-refractivity contribution in [1.82, 2.24) is 5.32 Å². The third-order valence-corrected chi connectivity index (χ3v) is 4.73. The fraction of sp³-hybridized carbons (Fsp3) is 0.261. The van der Waals surface area contributed by atoms with E-state index in [9.17, 15) is 14.4 Å². The van der Waals surface area contributed by atoms with Gasteiger partial charge in [0.1, 0.15) is 24.0 Å². The lowest BCUT2D eigenvalue weighted by molar-refractivity contribution is -0.136. The van der Waals surface area contributed by atoms with Crippen molar-refractivity contribution in [3.05, 3.63) is 75.6 Å². The van der Waals surface area contributed by atoms with Crippen LogP contribution in [-0.2, 0) is 16.1 Å². The number of ether oxygens (including phenoxy) is 2. The molecule has 1 N–H and O–H groups in total. The van der Waals surface area contributed by atoms with Crippen LogP contribution in [0.15, 0.2) is 57.7 Å². The molecule has 1 amide bonds. The molecule has 0 fully saturated rings. The van der Waals surface area contributed by atoms with Gasteiger partial charge in [-0.15, -0.1) is 0 Å². The average molecular weight is 409 g/mol. The molecule has 30 heavy (non-hydrogen) atoms. The summed E-state index contributed by atoms with van der Waals surface area (Å²) in [5.41, 5.74) is 2.04. The van der Waals surface area contributed by atoms with Gasteiger partial charge in [-0.1, -0.05) is 37.3 Å². The molecule has 0 aliphatic heterocycles. The Kier molecular flexibility index (Phi) is 6.51. The maximum atomic E-state index is 12.6. The number of esters is 1. The van der Waals surface area contributed by atoms with Gasteiger partial charge >= 0.3 is 17.7 Å². The molecular formula is C23H23NO6. The molecule has 3 rings (SSSR count). The van der Waals surface area contributed by atoms with Crippen molar-refractivity contribution < 1.29 is 23.5 Å². The van der Waals surface area contributed by atoms with Gasteiger partial charge in [0.15, 0.2) is 0 Å². The van der Waals surface area contributed by atoms with Crippen molar-refractivity contribution in [3.63, 3.8) is 0 Å². The van der Waals surface area contributed by atoms with Crippen LogP contribution in [0.3, 0.4) is 0 Å². The molecule has 0 saturated carbocycles. The molecule has 1 aromatic heterocycles. The van der Waals surface area contributed by atoms with Crippen LogP contribution in [0.1, 0.15) is 30.0 Å². The summed E-state index contributed by atoms with van der Waals surface area (Å²) in [6.07, 6.45) is -0.389. The van der Waals surface area contributed by atoms with Crippen LogP contribution >= 0.6 is 0 Å². The van der Waals surface area contributed by atoms with E-state index in [-0.39, 0.29) is 12.4 Å². The quantitative estimate of drug-likeness (QED) is 0.375. The Labute approximate surface area is 173 Å². The lowest BCUT2D eigenvalue weighted by atomic mass is 10.1. The van der Waals surface area contributed by atoms with Crippen molar-refractivity contribution in [2.75, 3.05) is 0 Å². The third-order valence-electron chi connectivity index (χ3n) is 4.73. The molecular weight excluding hydrogens is 386 g/mol. The normalized spacial score (nSPS) is 11.7. The Balaban J connectivity index is 1.68. The van der Waals surface area contributed by atoms with Crippen LogP contribution in [0.4, 0.5) is 4.79 Å². The van der Waals surface area contributed by atoms with Gasteiger partial charge < -0.3 is 19.2 Å². The lowest BCUT2D eigenvalue weighted by Gasteiger charge is -2.17. The number of rotatable bonds is 6. The SMILES string of the molecule is CCC(NC(=O)OCc1ccccc1)C(=O)Oc1ccc2c(C)cc(=O)oc2c1C. The summed E-state index contributed by atoms with van der Waals surface area (Å²) in [5.74, 6) is -0.370. The van der Waals surface area contributed by atoms with E-state index >= 15 is 0 Å². The predicted molar refractivity (Wildman–Crippen MR) is 111 cm³/mol. The highest BCUT2D eigenvalue weighted by Gasteiger charge is 2.23. The van der Waals surface area contributed by atoms with Gasteiger partial charge in [-0.3, -0.25) is 0 Å². The number of carbonyl (C=O) groups is 2. The highest BCUT2D eigenvalue weighted by atomic mass is 16.6. The monoisotopic (exact) mass is 409 g/mol. The summed E-state index contributed by atoms with van der Waals surface area (Å²) in [7, 11) is 0. The molecule has 0 aliphatic carbocycles. The Morgan fingerprint density at radius 1 is 1.10 bits per heavy atom. The van der Waals surface area contributed by atoms with Gasteiger partial charge in [-0.2, -0.15) is 0 Å². The van der Waals surface area contributed by atoms with Crippen LogP contribution in [-0.4, -0.2) is 18.1 Å². The van der Waals surface area contributed by atoms with Crippen molar-refractivity contribution in [1.29, 1.82) is 0 Å². The molecule has 1 unspecified atom stereocenters. The summed E-state index contributed by atoms with van der Waals surface area (Å²) in [6, 6.07) is 13.1. The number of nitrogens with one attached hydrogen (secondary N) is 1. The minimum absolute atomic E-state index is 0.0975. The number of benzene rings is 2. The maximum absolute atomic E-state index is 12.6. The molecule has 0 radical (unpaired) electrons. The van der Waals surface area contributed by atoms with Crippen molar-refractivity contribution in [2.24, 2.45) is 0 Å². The van der Waals surface area contributed by atoms with Gasteiger partial charge in [0.2, 0.25) is 0 Å². The lowest BCUT2D eigenvalue weighted by Crippen LogP contribution is -2.42. The predicted octanol–water partition coefficient (Wildman–Crippen LogP) is 4.02. The van der Waals surface area contributed by atoms with E-state index in [1.165, 1.54) is 6.07 Å². The van der Waals surface area contributed by atoms with Crippen LogP contribution < -0.4 is 15.7 Å². The summed E-state index contributed by atoms with van der Waals surface area (Å²) in [6.45, 7) is 5.36. The molecule has 0 saturated heterocycles. The Bertz CT molecular complexity index is 1120. The Hall–Kier alpha value is -3.61. The maximum Gasteiger partial charge on any atom is 0.408 e. The van der Waals surface area contributed by atoms with Gasteiger partial charge in [-0.25, -0.2) is 14.4 Å². The van der Waals surface area contributed by atoms with Crippen molar-refractivity contribution in [2.45, 2.75) is 39.8 Å². The number of carbonyl (C=O) groups excluding carboxylic acids is 2. The third kappa shape index (κ3) is 4.86. The second-order valence-corrected chi connectivity index (χ2v) is 6.90. The first-order valence-corrected chi connectivity index (χ1v) is 9.62. The van der Waals surface area contributed by atoms with Crippen LogP contribution in [0.25, 0.3) is 11.0 Å². The molecule has 156 valence electrons. The number of alkyl carbamates (subject to hydrolysis) is 1. The van der Waals surface area contributed by atoms with Crippen LogP contribution in [0.5, 0.6) is 5.75 Å². The Morgan fingerprint density at radius 3 is 2.53 bits per heavy atom. The Morgan fingerprint density at radius 2 is 1.83 bits per heavy atom. The summed E-state index contributed by atoms with van der Waals surface area (Å²) in [4.78, 5) is 36.4. The fourth-order valence-electron chi connectivity index (χ4n) is 3.03.